The maximum Gasteiger partial charge on any atom is 0.550 e. The van der Waals surface area contributed by atoms with Crippen LogP contribution in [0.15, 0.2) is 133 Å². The van der Waals surface area contributed by atoms with Crippen molar-refractivity contribution in [1.82, 2.24) is 19.6 Å². The number of alkyl halides is 15. The Morgan fingerprint density at radius 2 is 0.617 bits per heavy atom. The fourth-order valence-corrected chi connectivity index (χ4v) is 19.3. The number of likely N-dealkylation sites (tertiary alicyclic amines) is 4. The first-order valence-corrected chi connectivity index (χ1v) is 50.4. The van der Waals surface area contributed by atoms with Crippen LogP contribution in [0.1, 0.15) is 229 Å². The molecule has 14 rings (SSSR count). The number of benzene rings is 6. The number of phenolic OH excluding ortho intramolecular Hbond substituents is 1. The van der Waals surface area contributed by atoms with Crippen LogP contribution in [0.5, 0.6) is 34.5 Å². The maximum absolute atomic E-state index is 12.8. The molecule has 8 aliphatic rings. The Kier molecular flexibility index (Phi) is 37.5. The van der Waals surface area contributed by atoms with E-state index in [4.69, 9.17) is 37.9 Å². The first-order chi connectivity index (χ1) is 68.4. The van der Waals surface area contributed by atoms with E-state index < -0.39 is 171 Å². The number of ketones is 5. The molecule has 4 fully saturated rings. The van der Waals surface area contributed by atoms with E-state index in [9.17, 15) is 149 Å². The molecule has 8 aliphatic heterocycles. The SMILES string of the molecule is CC(=O)c1cccc2c1C(=O)CC1(CCN(C(=O)OC(C)(C)C)CC1)O2.CC(C)(C)OC(=O)N1CCC2(CC1)CC(=O)c1c(O)cccc1O2.CC(C)(C)OC(=O)N1CCC2(CC1)CC(=O)c1c(cccc1C(=O)O)O2.CC(C)(C)OC(=O)N1CCC2(CC1)CC(=O)c1c(cccc1OS(=O)(=O)C(F)(F)F)O2.O=S(=O)(N(SOOC(F)(F)F)c1ccccc1)C(F)(F)F.O=S(=O)(N(SOOC(F)(F)F)c1ccccc1)C(F)(F)F. The Morgan fingerprint density at radius 3 is 0.893 bits per heavy atom. The van der Waals surface area contributed by atoms with Crippen molar-refractivity contribution in [3.05, 3.63) is 167 Å². The van der Waals surface area contributed by atoms with Gasteiger partial charge in [-0.15, -0.1) is 44.8 Å². The van der Waals surface area contributed by atoms with Gasteiger partial charge in [-0.25, -0.2) is 24.0 Å². The Morgan fingerprint density at radius 1 is 0.356 bits per heavy atom. The van der Waals surface area contributed by atoms with Crippen LogP contribution in [0.3, 0.4) is 0 Å². The topological polar surface area (TPSA) is 453 Å². The molecule has 0 radical (unpaired) electrons. The fourth-order valence-electron chi connectivity index (χ4n) is 15.6. The van der Waals surface area contributed by atoms with E-state index in [-0.39, 0.29) is 114 Å². The molecule has 4 spiro atoms. The number of carboxylic acids is 1. The highest BCUT2D eigenvalue weighted by atomic mass is 32.3. The number of aromatic hydroxyl groups is 1. The van der Waals surface area contributed by atoms with Crippen LogP contribution in [-0.2, 0) is 67.6 Å². The smallest absolute Gasteiger partial charge is 0.507 e. The van der Waals surface area contributed by atoms with Crippen molar-refractivity contribution in [3.63, 3.8) is 0 Å². The molecule has 149 heavy (non-hydrogen) atoms. The normalized spacial score (nSPS) is 17.4. The van der Waals surface area contributed by atoms with Gasteiger partial charge in [0.2, 0.25) is 0 Å². The Bertz CT molecular complexity index is 5990. The van der Waals surface area contributed by atoms with Gasteiger partial charge < -0.3 is 71.9 Å². The summed E-state index contributed by atoms with van der Waals surface area (Å²) < 4.78 is 307. The standard InChI is InChI=1S/C20H25NO5.C19H22F3NO7S.C19H23NO6.C18H23NO5.2C8H5F6NO4S2/c1-13(22)14-6-5-7-16-17(14)15(23)12-20(25-16)8-10-21(11-9-20)18(24)26-19(2,3)4;1-17(2,3)29-16(25)23-9-7-18(8-10-23)11-12(24)15-13(28-18)5-4-6-14(15)30-31(26,27)19(20,21)22;1-18(2,3)26-17(24)20-9-7-19(8-10-20)11-13(21)15-12(16(22)23)5-4-6-14(15)25-19;1-17(2,3)24-16(22)19-9-7-18(8-10-19)11-13(21)15-12(20)5-4-6-14(15)23-18;2*9-7(10,11)18-19-20-15(6-4-2-1-3-5-6)21(16,17)8(12,13)14/h5-7H,8-12H2,1-4H3;4-6H,7-11H2,1-3H3;4-6H,7-11H2,1-3H3,(H,22,23);4-6,20H,7-11H2,1-3H3;2*1-5H. The van der Waals surface area contributed by atoms with Crippen LogP contribution in [0.4, 0.5) is 96.4 Å². The molecule has 0 bridgehead atoms. The van der Waals surface area contributed by atoms with Crippen LogP contribution in [0, 0.1) is 0 Å². The number of carbonyl (C=O) groups is 10. The highest BCUT2D eigenvalue weighted by molar-refractivity contribution is 8.12. The summed E-state index contributed by atoms with van der Waals surface area (Å²) in [5.41, 5.74) is -22.6. The number of para-hydroxylation sites is 2. The number of hydrogen-bond donors (Lipinski definition) is 2. The predicted octanol–water partition coefficient (Wildman–Crippen LogP) is 20.3. The van der Waals surface area contributed by atoms with Crippen LogP contribution in [0.2, 0.25) is 0 Å². The van der Waals surface area contributed by atoms with Gasteiger partial charge in [0, 0.05) is 109 Å². The molecule has 4 saturated heterocycles. The Balaban J connectivity index is 0.000000200. The summed E-state index contributed by atoms with van der Waals surface area (Å²) in [6.07, 6.45) is -7.95. The van der Waals surface area contributed by atoms with Crippen molar-refractivity contribution < 1.29 is 210 Å². The number of aromatic carboxylic acids is 1. The third kappa shape index (κ3) is 32.5. The van der Waals surface area contributed by atoms with Gasteiger partial charge in [-0.2, -0.15) is 72.2 Å². The van der Waals surface area contributed by atoms with E-state index in [0.717, 1.165) is 30.3 Å². The summed E-state index contributed by atoms with van der Waals surface area (Å²) in [5, 5.41) is 19.1. The molecule has 6 aromatic rings. The molecular weight excluding hydrogens is 2130 g/mol. The lowest BCUT2D eigenvalue weighted by Gasteiger charge is -2.44. The minimum Gasteiger partial charge on any atom is -0.507 e. The summed E-state index contributed by atoms with van der Waals surface area (Å²) in [6, 6.07) is 29.3. The van der Waals surface area contributed by atoms with Gasteiger partial charge in [-0.1, -0.05) is 66.7 Å². The number of rotatable bonds is 14. The summed E-state index contributed by atoms with van der Waals surface area (Å²) in [6.45, 7) is 26.4. The molecule has 0 unspecified atom stereocenters. The zero-order valence-electron chi connectivity index (χ0n) is 81.5. The number of hydrogen-bond acceptors (Lipinski definition) is 32. The fraction of sp³-hybridized carbons (Fsp3) is 0.500. The molecule has 4 amide bonds. The number of Topliss-reactive ketones (excluding diaryl/α,β-unsaturated/α-hetero) is 5. The van der Waals surface area contributed by atoms with Gasteiger partial charge in [-0.3, -0.25) is 24.0 Å². The van der Waals surface area contributed by atoms with E-state index >= 15 is 0 Å². The van der Waals surface area contributed by atoms with Crippen molar-refractivity contribution in [2.24, 2.45) is 0 Å². The van der Waals surface area contributed by atoms with E-state index in [2.05, 4.69) is 22.6 Å². The number of fused-ring (bicyclic) bond motifs is 4. The van der Waals surface area contributed by atoms with E-state index in [1.54, 1.807) is 77.9 Å². The van der Waals surface area contributed by atoms with Crippen LogP contribution < -0.4 is 30.6 Å². The number of anilines is 2. The quantitative estimate of drug-likeness (QED) is 0.0118. The molecule has 2 N–H and O–H groups in total. The van der Waals surface area contributed by atoms with Gasteiger partial charge >= 0.3 is 89.8 Å². The number of piperidine rings is 4. The lowest BCUT2D eigenvalue weighted by molar-refractivity contribution is -0.440. The molecule has 57 heteroatoms. The monoisotopic (exact) mass is 2230 g/mol. The van der Waals surface area contributed by atoms with Crippen LogP contribution in [-0.4, -0.2) is 241 Å². The summed E-state index contributed by atoms with van der Waals surface area (Å²) in [4.78, 5) is 135. The van der Waals surface area contributed by atoms with Crippen molar-refractivity contribution >= 4 is 125 Å². The van der Waals surface area contributed by atoms with Gasteiger partial charge in [0.1, 0.15) is 84.7 Å². The average molecular weight is 2230 g/mol. The maximum atomic E-state index is 12.8. The highest BCUT2D eigenvalue weighted by Gasteiger charge is 2.57. The summed E-state index contributed by atoms with van der Waals surface area (Å²) in [7, 11) is -17.9. The van der Waals surface area contributed by atoms with Gasteiger partial charge in [-0.05, 0) is 157 Å². The minimum absolute atomic E-state index is 0.0338. The number of sulfonamides is 2. The minimum atomic E-state index is -5.99. The molecule has 8 heterocycles. The number of amides is 4. The Hall–Kier alpha value is -12.0. The second-order valence-electron chi connectivity index (χ2n) is 38.3. The first kappa shape index (κ1) is 120. The van der Waals surface area contributed by atoms with Gasteiger partial charge in [0.15, 0.2) is 59.1 Å². The first-order valence-electron chi connectivity index (χ1n) is 44.7. The number of carboxylic acid groups (broad SMARTS) is 1. The van der Waals surface area contributed by atoms with E-state index in [1.807, 2.05) is 62.3 Å². The number of phenols is 1. The second-order valence-corrected chi connectivity index (χ2v) is 45.1. The predicted molar refractivity (Wildman–Crippen MR) is 497 cm³/mol. The molecule has 0 aromatic heterocycles. The number of nitrogens with zero attached hydrogens (tertiary/aromatic N) is 6. The van der Waals surface area contributed by atoms with Crippen LogP contribution in [0.25, 0.3) is 0 Å². The van der Waals surface area contributed by atoms with E-state index in [0.29, 0.717) is 119 Å². The Labute approximate surface area is 852 Å². The third-order valence-electron chi connectivity index (χ3n) is 22.2. The van der Waals surface area contributed by atoms with Gasteiger partial charge in [0.25, 0.3) is 0 Å². The molecular formula is C92H103F15N6O31S5. The van der Waals surface area contributed by atoms with Crippen molar-refractivity contribution in [3.8, 4) is 34.5 Å². The largest absolute Gasteiger partial charge is 0.550 e. The molecule has 0 atom stereocenters. The highest BCUT2D eigenvalue weighted by Crippen LogP contribution is 2.49. The lowest BCUT2D eigenvalue weighted by atomic mass is 9.81. The third-order valence-corrected chi connectivity index (χ3v) is 28.1. The molecule has 0 saturated carbocycles. The van der Waals surface area contributed by atoms with Crippen molar-refractivity contribution in [1.29, 1.82) is 0 Å². The number of halogens is 15. The molecule has 37 nitrogen and oxygen atoms in total. The molecule has 6 aromatic carbocycles. The van der Waals surface area contributed by atoms with Crippen LogP contribution >= 0.6 is 24.5 Å². The van der Waals surface area contributed by atoms with Crippen molar-refractivity contribution in [2.45, 2.75) is 241 Å². The number of carbonyl (C=O) groups excluding carboxylic acids is 9. The zero-order valence-corrected chi connectivity index (χ0v) is 85.6. The van der Waals surface area contributed by atoms with E-state index in [1.165, 1.54) is 72.5 Å². The van der Waals surface area contributed by atoms with Gasteiger partial charge in [0.05, 0.1) is 53.7 Å². The summed E-state index contributed by atoms with van der Waals surface area (Å²) in [5.74, 6) is -1.92. The molecule has 0 aliphatic carbocycles. The van der Waals surface area contributed by atoms with Crippen molar-refractivity contribution in [2.75, 3.05) is 59.8 Å². The molecule has 822 valence electrons. The zero-order chi connectivity index (χ0) is 112. The summed E-state index contributed by atoms with van der Waals surface area (Å²) >= 11 is -1.56. The average Bonchev–Trinajstić information content (AvgIpc) is 0.901. The lowest BCUT2D eigenvalue weighted by Crippen LogP contribution is -2.53. The second kappa shape index (κ2) is 46.4. The number of ether oxygens (including phenoxy) is 8.